The van der Waals surface area contributed by atoms with Crippen LogP contribution in [0.5, 0.6) is 5.75 Å². The van der Waals surface area contributed by atoms with Crippen LogP contribution < -0.4 is 10.1 Å². The molecular weight excluding hydrogens is 288 g/mol. The molecule has 21 heavy (non-hydrogen) atoms. The van der Waals surface area contributed by atoms with Crippen molar-refractivity contribution in [2.75, 3.05) is 11.9 Å². The third-order valence-electron chi connectivity index (χ3n) is 2.78. The number of nitrogens with zero attached hydrogens (tertiary/aromatic N) is 1. The van der Waals surface area contributed by atoms with E-state index in [4.69, 9.17) is 21.6 Å². The van der Waals surface area contributed by atoms with E-state index >= 15 is 0 Å². The Labute approximate surface area is 127 Å². The van der Waals surface area contributed by atoms with Crippen LogP contribution >= 0.6 is 11.6 Å². The molecule has 0 atom stereocenters. The van der Waals surface area contributed by atoms with E-state index in [1.807, 2.05) is 13.0 Å². The molecule has 0 fully saturated rings. The van der Waals surface area contributed by atoms with E-state index in [-0.39, 0.29) is 5.91 Å². The molecule has 0 aliphatic heterocycles. The van der Waals surface area contributed by atoms with Gasteiger partial charge in [0.15, 0.2) is 0 Å². The Morgan fingerprint density at radius 2 is 2.10 bits per heavy atom. The number of ether oxygens (including phenoxy) is 1. The first-order valence-corrected chi connectivity index (χ1v) is 6.76. The van der Waals surface area contributed by atoms with Crippen LogP contribution in [0.1, 0.15) is 22.8 Å². The molecule has 0 heterocycles. The quantitative estimate of drug-likeness (QED) is 0.932. The highest BCUT2D eigenvalue weighted by molar-refractivity contribution is 6.32. The molecule has 0 bridgehead atoms. The summed E-state index contributed by atoms with van der Waals surface area (Å²) in [7, 11) is 0. The molecule has 2 rings (SSSR count). The predicted molar refractivity (Wildman–Crippen MR) is 81.7 cm³/mol. The van der Waals surface area contributed by atoms with Gasteiger partial charge < -0.3 is 10.1 Å². The van der Waals surface area contributed by atoms with Crippen LogP contribution in [0.4, 0.5) is 5.69 Å². The zero-order valence-electron chi connectivity index (χ0n) is 11.4. The number of benzene rings is 2. The van der Waals surface area contributed by atoms with Crippen molar-refractivity contribution in [1.29, 1.82) is 5.26 Å². The van der Waals surface area contributed by atoms with Crippen LogP contribution in [0.3, 0.4) is 0 Å². The van der Waals surface area contributed by atoms with Gasteiger partial charge in [0.05, 0.1) is 22.8 Å². The molecule has 4 nitrogen and oxygen atoms in total. The van der Waals surface area contributed by atoms with Crippen molar-refractivity contribution in [3.8, 4) is 11.8 Å². The fourth-order valence-electron chi connectivity index (χ4n) is 1.82. The number of carbonyl (C=O) groups excluding carboxylic acids is 1. The van der Waals surface area contributed by atoms with Gasteiger partial charge in [0.2, 0.25) is 0 Å². The fourth-order valence-corrected chi connectivity index (χ4v) is 2.04. The minimum atomic E-state index is -0.292. The third-order valence-corrected chi connectivity index (χ3v) is 3.09. The number of nitriles is 1. The second-order valence-electron chi connectivity index (χ2n) is 4.19. The summed E-state index contributed by atoms with van der Waals surface area (Å²) in [5.74, 6) is 0.233. The van der Waals surface area contributed by atoms with Gasteiger partial charge in [0.1, 0.15) is 11.8 Å². The van der Waals surface area contributed by atoms with Gasteiger partial charge in [0.25, 0.3) is 5.91 Å². The third kappa shape index (κ3) is 3.53. The lowest BCUT2D eigenvalue weighted by molar-refractivity contribution is 0.102. The van der Waals surface area contributed by atoms with Crippen molar-refractivity contribution in [1.82, 2.24) is 0 Å². The van der Waals surface area contributed by atoms with Gasteiger partial charge in [-0.15, -0.1) is 0 Å². The topological polar surface area (TPSA) is 62.1 Å². The number of rotatable bonds is 4. The number of nitrogens with one attached hydrogen (secondary N) is 1. The summed E-state index contributed by atoms with van der Waals surface area (Å²) >= 11 is 5.94. The Kier molecular flexibility index (Phi) is 4.81. The Morgan fingerprint density at radius 1 is 1.33 bits per heavy atom. The first-order chi connectivity index (χ1) is 10.2. The van der Waals surface area contributed by atoms with Crippen LogP contribution in [0.2, 0.25) is 5.02 Å². The molecule has 0 unspecified atom stereocenters. The van der Waals surface area contributed by atoms with E-state index in [9.17, 15) is 4.79 Å². The van der Waals surface area contributed by atoms with Crippen LogP contribution in [-0.4, -0.2) is 12.5 Å². The number of halogens is 1. The highest BCUT2D eigenvalue weighted by atomic mass is 35.5. The zero-order chi connectivity index (χ0) is 15.2. The zero-order valence-corrected chi connectivity index (χ0v) is 12.1. The molecule has 106 valence electrons. The van der Waals surface area contributed by atoms with Gasteiger partial charge in [-0.2, -0.15) is 5.26 Å². The number of amides is 1. The van der Waals surface area contributed by atoms with Crippen molar-refractivity contribution in [3.63, 3.8) is 0 Å². The maximum Gasteiger partial charge on any atom is 0.259 e. The first-order valence-electron chi connectivity index (χ1n) is 6.38. The van der Waals surface area contributed by atoms with Gasteiger partial charge in [-0.1, -0.05) is 23.7 Å². The van der Waals surface area contributed by atoms with Crippen LogP contribution in [0.15, 0.2) is 42.5 Å². The number of hydrogen-bond donors (Lipinski definition) is 1. The summed E-state index contributed by atoms with van der Waals surface area (Å²) in [6.45, 7) is 2.34. The second-order valence-corrected chi connectivity index (χ2v) is 4.60. The molecule has 2 aromatic carbocycles. The van der Waals surface area contributed by atoms with Crippen LogP contribution in [0.25, 0.3) is 0 Å². The molecule has 1 N–H and O–H groups in total. The Bertz CT molecular complexity index is 708. The highest BCUT2D eigenvalue weighted by Gasteiger charge is 2.12. The monoisotopic (exact) mass is 300 g/mol. The van der Waals surface area contributed by atoms with Crippen molar-refractivity contribution < 1.29 is 9.53 Å². The van der Waals surface area contributed by atoms with Gasteiger partial charge in [0, 0.05) is 5.69 Å². The lowest BCUT2D eigenvalue weighted by atomic mass is 10.1. The van der Waals surface area contributed by atoms with E-state index in [0.29, 0.717) is 34.2 Å². The lowest BCUT2D eigenvalue weighted by Crippen LogP contribution is -2.13. The van der Waals surface area contributed by atoms with E-state index in [2.05, 4.69) is 5.32 Å². The van der Waals surface area contributed by atoms with Crippen molar-refractivity contribution in [2.45, 2.75) is 6.92 Å². The largest absolute Gasteiger partial charge is 0.493 e. The average Bonchev–Trinajstić information content (AvgIpc) is 2.48. The summed E-state index contributed by atoms with van der Waals surface area (Å²) in [6.07, 6.45) is 0. The van der Waals surface area contributed by atoms with Crippen molar-refractivity contribution in [2.24, 2.45) is 0 Å². The summed E-state index contributed by atoms with van der Waals surface area (Å²) < 4.78 is 5.43. The van der Waals surface area contributed by atoms with Gasteiger partial charge in [-0.25, -0.2) is 0 Å². The standard InChI is InChI=1S/C16H13ClN2O2/c1-2-21-15-6-4-3-5-13(15)16(20)19-12-8-7-11(10-18)14(17)9-12/h3-9H,2H2,1H3,(H,19,20). The molecule has 0 aromatic heterocycles. The highest BCUT2D eigenvalue weighted by Crippen LogP contribution is 2.23. The van der Waals surface area contributed by atoms with E-state index in [1.165, 1.54) is 0 Å². The van der Waals surface area contributed by atoms with Crippen LogP contribution in [-0.2, 0) is 0 Å². The van der Waals surface area contributed by atoms with Gasteiger partial charge in [-0.3, -0.25) is 4.79 Å². The Hall–Kier alpha value is -2.51. The summed E-state index contributed by atoms with van der Waals surface area (Å²) in [5, 5.41) is 11.9. The summed E-state index contributed by atoms with van der Waals surface area (Å²) in [6, 6.07) is 13.7. The normalized spacial score (nSPS) is 9.76. The SMILES string of the molecule is CCOc1ccccc1C(=O)Nc1ccc(C#N)c(Cl)c1. The molecule has 0 spiro atoms. The summed E-state index contributed by atoms with van der Waals surface area (Å²) in [5.41, 5.74) is 1.33. The predicted octanol–water partition coefficient (Wildman–Crippen LogP) is 3.86. The van der Waals surface area contributed by atoms with Gasteiger partial charge in [-0.05, 0) is 37.3 Å². The first kappa shape index (κ1) is 14.9. The molecular formula is C16H13ClN2O2. The molecule has 0 aliphatic rings. The summed E-state index contributed by atoms with van der Waals surface area (Å²) in [4.78, 5) is 12.3. The maximum atomic E-state index is 12.3. The minimum Gasteiger partial charge on any atom is -0.493 e. The molecule has 0 radical (unpaired) electrons. The minimum absolute atomic E-state index is 0.292. The Morgan fingerprint density at radius 3 is 2.76 bits per heavy atom. The number of para-hydroxylation sites is 1. The molecule has 1 amide bonds. The lowest BCUT2D eigenvalue weighted by Gasteiger charge is -2.10. The maximum absolute atomic E-state index is 12.3. The molecule has 0 saturated carbocycles. The van der Waals surface area contributed by atoms with Gasteiger partial charge >= 0.3 is 0 Å². The number of anilines is 1. The number of hydrogen-bond acceptors (Lipinski definition) is 3. The fraction of sp³-hybridized carbons (Fsp3) is 0.125. The molecule has 0 aliphatic carbocycles. The van der Waals surface area contributed by atoms with E-state index in [0.717, 1.165) is 0 Å². The number of carbonyl (C=O) groups is 1. The smallest absolute Gasteiger partial charge is 0.259 e. The van der Waals surface area contributed by atoms with Crippen molar-refractivity contribution >= 4 is 23.2 Å². The average molecular weight is 301 g/mol. The van der Waals surface area contributed by atoms with Crippen molar-refractivity contribution in [3.05, 3.63) is 58.6 Å². The molecule has 5 heteroatoms. The second kappa shape index (κ2) is 6.78. The molecule has 2 aromatic rings. The van der Waals surface area contributed by atoms with E-state index < -0.39 is 0 Å². The van der Waals surface area contributed by atoms with Crippen LogP contribution in [0, 0.1) is 11.3 Å². The van der Waals surface area contributed by atoms with E-state index in [1.54, 1.807) is 42.5 Å². The molecule has 0 saturated heterocycles. The Balaban J connectivity index is 2.22.